The predicted molar refractivity (Wildman–Crippen MR) is 94.3 cm³/mol. The Labute approximate surface area is 147 Å². The van der Waals surface area contributed by atoms with Crippen molar-refractivity contribution >= 4 is 0 Å². The Bertz CT molecular complexity index is 759. The summed E-state index contributed by atoms with van der Waals surface area (Å²) >= 11 is 0. The maximum Gasteiger partial charge on any atom is 0.227 e. The van der Waals surface area contributed by atoms with E-state index in [2.05, 4.69) is 4.90 Å². The molecule has 1 atom stereocenters. The molecule has 4 nitrogen and oxygen atoms in total. The summed E-state index contributed by atoms with van der Waals surface area (Å²) in [5, 5.41) is 0. The Morgan fingerprint density at radius 2 is 2.20 bits per heavy atom. The lowest BCUT2D eigenvalue weighted by Gasteiger charge is -2.32. The van der Waals surface area contributed by atoms with Crippen molar-refractivity contribution in [2.24, 2.45) is 5.92 Å². The van der Waals surface area contributed by atoms with Gasteiger partial charge in [-0.1, -0.05) is 18.2 Å². The van der Waals surface area contributed by atoms with Gasteiger partial charge in [-0.2, -0.15) is 0 Å². The molecule has 2 aromatic rings. The molecule has 0 bridgehead atoms. The van der Waals surface area contributed by atoms with E-state index >= 15 is 0 Å². The lowest BCUT2D eigenvalue weighted by atomic mass is 9.91. The third kappa shape index (κ3) is 4.69. The molecule has 1 aliphatic rings. The average molecular weight is 345 g/mol. The Morgan fingerprint density at radius 3 is 2.96 bits per heavy atom. The normalized spacial score (nSPS) is 18.2. The predicted octanol–water partition coefficient (Wildman–Crippen LogP) is 3.63. The molecule has 1 fully saturated rings. The van der Waals surface area contributed by atoms with Crippen molar-refractivity contribution in [3.63, 3.8) is 0 Å². The Hall–Kier alpha value is -2.14. The molecule has 134 valence electrons. The second-order valence-corrected chi connectivity index (χ2v) is 6.65. The van der Waals surface area contributed by atoms with E-state index < -0.39 is 0 Å². The van der Waals surface area contributed by atoms with Crippen LogP contribution < -0.4 is 10.2 Å². The number of aryl methyl sites for hydroxylation is 1. The van der Waals surface area contributed by atoms with Crippen LogP contribution in [-0.2, 0) is 13.0 Å². The van der Waals surface area contributed by atoms with Crippen LogP contribution in [0.4, 0.5) is 4.39 Å². The minimum atomic E-state index is -0.156. The third-order valence-corrected chi connectivity index (χ3v) is 4.83. The molecule has 1 aromatic carbocycles. The van der Waals surface area contributed by atoms with Gasteiger partial charge in [-0.25, -0.2) is 4.39 Å². The molecular formula is C20H24FNO3. The zero-order chi connectivity index (χ0) is 17.6. The van der Waals surface area contributed by atoms with Crippen LogP contribution in [0.1, 0.15) is 30.6 Å². The molecule has 1 aromatic heterocycles. The largest absolute Gasteiger partial charge is 0.490 e. The first-order chi connectivity index (χ1) is 12.2. The standard InChI is InChI=1S/C20H24FNO3/c1-24-20-14-25-17(11-19(20)23)13-22-10-4-5-15(12-22)8-9-16-6-2-3-7-18(16)21/h2-3,6-7,11,14-15H,4-5,8-10,12-13H2,1H3/t15-/m1/s1. The van der Waals surface area contributed by atoms with Gasteiger partial charge < -0.3 is 9.15 Å². The Morgan fingerprint density at radius 1 is 1.36 bits per heavy atom. The van der Waals surface area contributed by atoms with Gasteiger partial charge in [0.1, 0.15) is 17.8 Å². The topological polar surface area (TPSA) is 42.7 Å². The zero-order valence-electron chi connectivity index (χ0n) is 14.5. The molecule has 0 radical (unpaired) electrons. The van der Waals surface area contributed by atoms with Gasteiger partial charge in [-0.3, -0.25) is 9.69 Å². The van der Waals surface area contributed by atoms with Crippen molar-refractivity contribution in [3.8, 4) is 5.75 Å². The summed E-state index contributed by atoms with van der Waals surface area (Å²) < 4.78 is 24.2. The molecule has 1 aliphatic heterocycles. The second-order valence-electron chi connectivity index (χ2n) is 6.65. The maximum atomic E-state index is 13.7. The lowest BCUT2D eigenvalue weighted by molar-refractivity contribution is 0.150. The lowest BCUT2D eigenvalue weighted by Crippen LogP contribution is -2.35. The van der Waals surface area contributed by atoms with Crippen LogP contribution in [0, 0.1) is 11.7 Å². The molecular weight excluding hydrogens is 321 g/mol. The number of piperidine rings is 1. The molecule has 1 saturated heterocycles. The fourth-order valence-corrected chi connectivity index (χ4v) is 3.48. The molecule has 25 heavy (non-hydrogen) atoms. The Kier molecular flexibility index (Phi) is 5.87. The number of nitrogens with zero attached hydrogens (tertiary/aromatic N) is 1. The van der Waals surface area contributed by atoms with E-state index in [0.29, 0.717) is 18.2 Å². The van der Waals surface area contributed by atoms with Crippen molar-refractivity contribution in [2.75, 3.05) is 20.2 Å². The average Bonchev–Trinajstić information content (AvgIpc) is 2.62. The highest BCUT2D eigenvalue weighted by Crippen LogP contribution is 2.23. The summed E-state index contributed by atoms with van der Waals surface area (Å²) in [5.74, 6) is 1.30. The molecule has 0 saturated carbocycles. The number of halogens is 1. The Balaban J connectivity index is 1.55. The molecule has 0 amide bonds. The van der Waals surface area contributed by atoms with E-state index in [-0.39, 0.29) is 17.0 Å². The number of ether oxygens (including phenoxy) is 1. The van der Waals surface area contributed by atoms with Gasteiger partial charge in [0.25, 0.3) is 0 Å². The van der Waals surface area contributed by atoms with E-state index in [1.54, 1.807) is 6.07 Å². The number of rotatable bonds is 6. The minimum Gasteiger partial charge on any atom is -0.490 e. The number of benzene rings is 1. The molecule has 5 heteroatoms. The molecule has 0 unspecified atom stereocenters. The molecule has 2 heterocycles. The highest BCUT2D eigenvalue weighted by atomic mass is 19.1. The molecule has 0 spiro atoms. The van der Waals surface area contributed by atoms with Gasteiger partial charge in [0, 0.05) is 12.6 Å². The fraction of sp³-hybridized carbons (Fsp3) is 0.450. The van der Waals surface area contributed by atoms with Crippen molar-refractivity contribution in [2.45, 2.75) is 32.2 Å². The zero-order valence-corrected chi connectivity index (χ0v) is 14.5. The van der Waals surface area contributed by atoms with Crippen LogP contribution in [0.2, 0.25) is 0 Å². The van der Waals surface area contributed by atoms with E-state index in [1.165, 1.54) is 25.5 Å². The first kappa shape index (κ1) is 17.7. The van der Waals surface area contributed by atoms with Gasteiger partial charge in [0.2, 0.25) is 11.2 Å². The minimum absolute atomic E-state index is 0.116. The quantitative estimate of drug-likeness (QED) is 0.802. The van der Waals surface area contributed by atoms with Crippen LogP contribution in [0.3, 0.4) is 0 Å². The monoisotopic (exact) mass is 345 g/mol. The summed E-state index contributed by atoms with van der Waals surface area (Å²) in [6, 6.07) is 8.50. The van der Waals surface area contributed by atoms with Crippen LogP contribution in [0.25, 0.3) is 0 Å². The molecule has 0 N–H and O–H groups in total. The van der Waals surface area contributed by atoms with Gasteiger partial charge in [-0.15, -0.1) is 0 Å². The third-order valence-electron chi connectivity index (χ3n) is 4.83. The van der Waals surface area contributed by atoms with Crippen LogP contribution in [0.15, 0.2) is 45.8 Å². The first-order valence-electron chi connectivity index (χ1n) is 8.77. The maximum absolute atomic E-state index is 13.7. The summed E-state index contributed by atoms with van der Waals surface area (Å²) in [7, 11) is 1.46. The molecule has 3 rings (SSSR count). The van der Waals surface area contributed by atoms with Crippen molar-refractivity contribution < 1.29 is 13.5 Å². The van der Waals surface area contributed by atoms with Gasteiger partial charge in [0.15, 0.2) is 0 Å². The van der Waals surface area contributed by atoms with E-state index in [1.807, 2.05) is 12.1 Å². The van der Waals surface area contributed by atoms with E-state index in [9.17, 15) is 9.18 Å². The fourth-order valence-electron chi connectivity index (χ4n) is 3.48. The van der Waals surface area contributed by atoms with Crippen molar-refractivity contribution in [1.29, 1.82) is 0 Å². The second kappa shape index (κ2) is 8.30. The number of hydrogen-bond donors (Lipinski definition) is 0. The number of likely N-dealkylation sites (tertiary alicyclic amines) is 1. The summed E-state index contributed by atoms with van der Waals surface area (Å²) in [6.07, 6.45) is 5.39. The SMILES string of the molecule is COc1coc(CN2CCC[C@H](CCc3ccccc3F)C2)cc1=O. The van der Waals surface area contributed by atoms with Gasteiger partial charge in [-0.05, 0) is 49.8 Å². The van der Waals surface area contributed by atoms with E-state index in [4.69, 9.17) is 9.15 Å². The first-order valence-corrected chi connectivity index (χ1v) is 8.77. The summed E-state index contributed by atoms with van der Waals surface area (Å²) in [6.45, 7) is 2.56. The van der Waals surface area contributed by atoms with Gasteiger partial charge in [0.05, 0.1) is 13.7 Å². The van der Waals surface area contributed by atoms with Crippen molar-refractivity contribution in [3.05, 3.63) is 64.0 Å². The van der Waals surface area contributed by atoms with Crippen LogP contribution in [-0.4, -0.2) is 25.1 Å². The highest BCUT2D eigenvalue weighted by Gasteiger charge is 2.21. The van der Waals surface area contributed by atoms with E-state index in [0.717, 1.165) is 44.3 Å². The summed E-state index contributed by atoms with van der Waals surface area (Å²) in [4.78, 5) is 14.1. The smallest absolute Gasteiger partial charge is 0.227 e. The highest BCUT2D eigenvalue weighted by molar-refractivity contribution is 5.18. The van der Waals surface area contributed by atoms with Crippen LogP contribution >= 0.6 is 0 Å². The van der Waals surface area contributed by atoms with Gasteiger partial charge >= 0.3 is 0 Å². The number of hydrogen-bond acceptors (Lipinski definition) is 4. The molecule has 0 aliphatic carbocycles. The van der Waals surface area contributed by atoms with Crippen molar-refractivity contribution in [1.82, 2.24) is 4.90 Å². The summed E-state index contributed by atoms with van der Waals surface area (Å²) in [5.41, 5.74) is 0.637. The number of methoxy groups -OCH3 is 1. The van der Waals surface area contributed by atoms with Crippen LogP contribution in [0.5, 0.6) is 5.75 Å².